The van der Waals surface area contributed by atoms with Gasteiger partial charge in [0, 0.05) is 6.04 Å². The Morgan fingerprint density at radius 1 is 1.40 bits per heavy atom. The van der Waals surface area contributed by atoms with E-state index in [9.17, 15) is 4.79 Å². The van der Waals surface area contributed by atoms with E-state index < -0.39 is 6.03 Å². The topological polar surface area (TPSA) is 55.6 Å². The molecule has 0 aliphatic rings. The summed E-state index contributed by atoms with van der Waals surface area (Å²) in [4.78, 5) is 12.8. The van der Waals surface area contributed by atoms with Gasteiger partial charge in [0.2, 0.25) is 0 Å². The van der Waals surface area contributed by atoms with Gasteiger partial charge in [-0.05, 0) is 26.0 Å². The Hall–Kier alpha value is -1.71. The second kappa shape index (κ2) is 4.68. The molecule has 0 unspecified atom stereocenters. The molecule has 1 rings (SSSR count). The number of hydrogen-bond acceptors (Lipinski definition) is 2. The maximum atomic E-state index is 11.3. The quantitative estimate of drug-likeness (QED) is 0.825. The van der Waals surface area contributed by atoms with Crippen molar-refractivity contribution in [1.82, 2.24) is 0 Å². The van der Waals surface area contributed by atoms with Gasteiger partial charge in [-0.1, -0.05) is 12.1 Å². The van der Waals surface area contributed by atoms with E-state index in [0.29, 0.717) is 11.4 Å². The maximum Gasteiger partial charge on any atom is 0.319 e. The van der Waals surface area contributed by atoms with Gasteiger partial charge in [0.1, 0.15) is 5.75 Å². The number of carbonyl (C=O) groups excluding carboxylic acids is 1. The van der Waals surface area contributed by atoms with E-state index in [4.69, 9.17) is 10.5 Å². The molecular formula is C11H16N2O2. The van der Waals surface area contributed by atoms with Crippen molar-refractivity contribution in [3.05, 3.63) is 24.3 Å². The SMILES string of the molecule is COc1ccccc1N(C(N)=O)C(C)C. The van der Waals surface area contributed by atoms with Gasteiger partial charge in [0.25, 0.3) is 0 Å². The second-order valence-electron chi connectivity index (χ2n) is 3.47. The van der Waals surface area contributed by atoms with Gasteiger partial charge in [-0.3, -0.25) is 4.90 Å². The number of anilines is 1. The van der Waals surface area contributed by atoms with E-state index in [2.05, 4.69) is 0 Å². The molecule has 4 nitrogen and oxygen atoms in total. The number of benzene rings is 1. The predicted octanol–water partition coefficient (Wildman–Crippen LogP) is 1.99. The van der Waals surface area contributed by atoms with Gasteiger partial charge in [-0.25, -0.2) is 4.79 Å². The highest BCUT2D eigenvalue weighted by atomic mass is 16.5. The van der Waals surface area contributed by atoms with Crippen LogP contribution in [0.5, 0.6) is 5.75 Å². The number of hydrogen-bond donors (Lipinski definition) is 1. The van der Waals surface area contributed by atoms with E-state index in [-0.39, 0.29) is 6.04 Å². The first-order valence-electron chi connectivity index (χ1n) is 4.79. The number of nitrogens with zero attached hydrogens (tertiary/aromatic N) is 1. The molecule has 82 valence electrons. The molecule has 0 radical (unpaired) electrons. The fourth-order valence-corrected chi connectivity index (χ4v) is 1.48. The van der Waals surface area contributed by atoms with Crippen LogP contribution in [-0.2, 0) is 0 Å². The lowest BCUT2D eigenvalue weighted by atomic mass is 10.2. The number of para-hydroxylation sites is 2. The van der Waals surface area contributed by atoms with Gasteiger partial charge >= 0.3 is 6.03 Å². The first-order valence-corrected chi connectivity index (χ1v) is 4.79. The third-order valence-electron chi connectivity index (χ3n) is 2.10. The number of ether oxygens (including phenoxy) is 1. The Labute approximate surface area is 89.6 Å². The number of rotatable bonds is 3. The zero-order chi connectivity index (χ0) is 11.4. The minimum atomic E-state index is -0.477. The molecule has 0 spiro atoms. The smallest absolute Gasteiger partial charge is 0.319 e. The van der Waals surface area contributed by atoms with Crippen LogP contribution in [0, 0.1) is 0 Å². The number of primary amides is 1. The molecule has 1 aromatic rings. The van der Waals surface area contributed by atoms with Crippen LogP contribution >= 0.6 is 0 Å². The Morgan fingerprint density at radius 2 is 2.00 bits per heavy atom. The van der Waals surface area contributed by atoms with E-state index in [0.717, 1.165) is 0 Å². The number of amides is 2. The van der Waals surface area contributed by atoms with Crippen LogP contribution < -0.4 is 15.4 Å². The van der Waals surface area contributed by atoms with Crippen molar-refractivity contribution in [2.45, 2.75) is 19.9 Å². The van der Waals surface area contributed by atoms with E-state index >= 15 is 0 Å². The van der Waals surface area contributed by atoms with Crippen LogP contribution in [0.1, 0.15) is 13.8 Å². The second-order valence-corrected chi connectivity index (χ2v) is 3.47. The molecular weight excluding hydrogens is 192 g/mol. The first kappa shape index (κ1) is 11.4. The van der Waals surface area contributed by atoms with E-state index in [1.807, 2.05) is 32.0 Å². The number of methoxy groups -OCH3 is 1. The van der Waals surface area contributed by atoms with Crippen LogP contribution in [0.3, 0.4) is 0 Å². The molecule has 0 saturated heterocycles. The average molecular weight is 208 g/mol. The molecule has 0 aliphatic heterocycles. The predicted molar refractivity (Wildman–Crippen MR) is 60.2 cm³/mol. The van der Waals surface area contributed by atoms with Crippen LogP contribution in [-0.4, -0.2) is 19.2 Å². The lowest BCUT2D eigenvalue weighted by Gasteiger charge is -2.26. The Kier molecular flexibility index (Phi) is 3.55. The van der Waals surface area contributed by atoms with Crippen molar-refractivity contribution in [1.29, 1.82) is 0 Å². The summed E-state index contributed by atoms with van der Waals surface area (Å²) in [7, 11) is 1.57. The van der Waals surface area contributed by atoms with Gasteiger partial charge < -0.3 is 10.5 Å². The summed E-state index contributed by atoms with van der Waals surface area (Å²) in [6.45, 7) is 3.80. The Balaban J connectivity index is 3.16. The van der Waals surface area contributed by atoms with Gasteiger partial charge in [-0.2, -0.15) is 0 Å². The number of nitrogens with two attached hydrogens (primary N) is 1. The standard InChI is InChI=1S/C11H16N2O2/c1-8(2)13(11(12)14)9-6-4-5-7-10(9)15-3/h4-8H,1-3H3,(H2,12,14). The van der Waals surface area contributed by atoms with E-state index in [1.54, 1.807) is 13.2 Å². The lowest BCUT2D eigenvalue weighted by Crippen LogP contribution is -2.41. The highest BCUT2D eigenvalue weighted by Crippen LogP contribution is 2.28. The van der Waals surface area contributed by atoms with E-state index in [1.165, 1.54) is 4.90 Å². The summed E-state index contributed by atoms with van der Waals surface area (Å²) in [6.07, 6.45) is 0. The molecule has 1 aromatic carbocycles. The van der Waals surface area contributed by atoms with Crippen molar-refractivity contribution in [2.24, 2.45) is 5.73 Å². The first-order chi connectivity index (χ1) is 7.07. The zero-order valence-electron chi connectivity index (χ0n) is 9.23. The van der Waals surface area contributed by atoms with Crippen LogP contribution in [0.4, 0.5) is 10.5 Å². The monoisotopic (exact) mass is 208 g/mol. The summed E-state index contributed by atoms with van der Waals surface area (Å²) in [5.41, 5.74) is 6.02. The molecule has 4 heteroatoms. The summed E-state index contributed by atoms with van der Waals surface area (Å²) < 4.78 is 5.18. The molecule has 0 bridgehead atoms. The highest BCUT2D eigenvalue weighted by molar-refractivity contribution is 5.92. The minimum absolute atomic E-state index is 0.00111. The third-order valence-corrected chi connectivity index (χ3v) is 2.10. The normalized spacial score (nSPS) is 10.1. The molecule has 15 heavy (non-hydrogen) atoms. The molecule has 2 amide bonds. The van der Waals surface area contributed by atoms with Crippen molar-refractivity contribution >= 4 is 11.7 Å². The van der Waals surface area contributed by atoms with Crippen LogP contribution in [0.25, 0.3) is 0 Å². The minimum Gasteiger partial charge on any atom is -0.495 e. The number of urea groups is 1. The van der Waals surface area contributed by atoms with Crippen molar-refractivity contribution in [3.63, 3.8) is 0 Å². The molecule has 0 atom stereocenters. The summed E-state index contributed by atoms with van der Waals surface area (Å²) in [5, 5.41) is 0. The molecule has 0 aromatic heterocycles. The fraction of sp³-hybridized carbons (Fsp3) is 0.364. The zero-order valence-corrected chi connectivity index (χ0v) is 9.23. The Morgan fingerprint density at radius 3 is 2.47 bits per heavy atom. The molecule has 0 saturated carbocycles. The van der Waals surface area contributed by atoms with Gasteiger partial charge in [0.05, 0.1) is 12.8 Å². The van der Waals surface area contributed by atoms with Crippen molar-refractivity contribution < 1.29 is 9.53 Å². The highest BCUT2D eigenvalue weighted by Gasteiger charge is 2.19. The summed E-state index contributed by atoms with van der Waals surface area (Å²) in [6, 6.07) is 6.82. The summed E-state index contributed by atoms with van der Waals surface area (Å²) >= 11 is 0. The largest absolute Gasteiger partial charge is 0.495 e. The maximum absolute atomic E-state index is 11.3. The lowest BCUT2D eigenvalue weighted by molar-refractivity contribution is 0.252. The summed E-state index contributed by atoms with van der Waals surface area (Å²) in [5.74, 6) is 0.644. The van der Waals surface area contributed by atoms with Crippen LogP contribution in [0.15, 0.2) is 24.3 Å². The molecule has 0 aliphatic carbocycles. The van der Waals surface area contributed by atoms with Crippen molar-refractivity contribution in [2.75, 3.05) is 12.0 Å². The van der Waals surface area contributed by atoms with Crippen molar-refractivity contribution in [3.8, 4) is 5.75 Å². The molecule has 0 heterocycles. The van der Waals surface area contributed by atoms with Gasteiger partial charge in [-0.15, -0.1) is 0 Å². The van der Waals surface area contributed by atoms with Crippen LogP contribution in [0.2, 0.25) is 0 Å². The van der Waals surface area contributed by atoms with Gasteiger partial charge in [0.15, 0.2) is 0 Å². The third kappa shape index (κ3) is 2.40. The number of carbonyl (C=O) groups is 1. The molecule has 0 fully saturated rings. The Bertz CT molecular complexity index is 350. The average Bonchev–Trinajstić information content (AvgIpc) is 2.17. The molecule has 2 N–H and O–H groups in total. The fourth-order valence-electron chi connectivity index (χ4n) is 1.48.